The summed E-state index contributed by atoms with van der Waals surface area (Å²) in [6, 6.07) is 4.20. The van der Waals surface area contributed by atoms with Crippen molar-refractivity contribution in [3.8, 4) is 11.8 Å². The summed E-state index contributed by atoms with van der Waals surface area (Å²) in [5.74, 6) is 4.11. The first-order chi connectivity index (χ1) is 9.68. The summed E-state index contributed by atoms with van der Waals surface area (Å²) in [5.41, 5.74) is 0.376. The molecule has 0 aliphatic rings. The molecule has 1 aromatic carbocycles. The number of nitrogens with zero attached hydrogens (tertiary/aromatic N) is 1. The Bertz CT molecular complexity index is 579. The van der Waals surface area contributed by atoms with E-state index in [2.05, 4.69) is 11.8 Å². The van der Waals surface area contributed by atoms with Crippen molar-refractivity contribution in [1.29, 1.82) is 0 Å². The normalized spacial score (nSPS) is 12.3. The molecule has 0 saturated carbocycles. The van der Waals surface area contributed by atoms with Crippen LogP contribution in [0.4, 0.5) is 4.39 Å². The standard InChI is InChI=1S/C17H22FNO2/c1-12(17(2,3)4)19(5)16(21)14-9-8-13(7-6-10-20)11-15(14)18/h8-9,11-12,20H,10H2,1-5H3. The zero-order valence-corrected chi connectivity index (χ0v) is 13.2. The van der Waals surface area contributed by atoms with Crippen LogP contribution in [0, 0.1) is 23.1 Å². The molecule has 114 valence electrons. The average Bonchev–Trinajstić information content (AvgIpc) is 2.41. The summed E-state index contributed by atoms with van der Waals surface area (Å²) in [5, 5.41) is 8.62. The molecule has 1 rings (SSSR count). The van der Waals surface area contributed by atoms with E-state index in [1.807, 2.05) is 27.7 Å². The van der Waals surface area contributed by atoms with Gasteiger partial charge in [-0.2, -0.15) is 0 Å². The summed E-state index contributed by atoms with van der Waals surface area (Å²) in [6.07, 6.45) is 0. The maximum absolute atomic E-state index is 14.1. The van der Waals surface area contributed by atoms with Gasteiger partial charge in [-0.15, -0.1) is 0 Å². The van der Waals surface area contributed by atoms with Gasteiger partial charge in [0.2, 0.25) is 0 Å². The Labute approximate surface area is 125 Å². The first-order valence-corrected chi connectivity index (χ1v) is 6.85. The summed E-state index contributed by atoms with van der Waals surface area (Å²) in [6.45, 7) is 7.76. The smallest absolute Gasteiger partial charge is 0.256 e. The van der Waals surface area contributed by atoms with E-state index in [1.165, 1.54) is 12.1 Å². The highest BCUT2D eigenvalue weighted by atomic mass is 19.1. The summed E-state index contributed by atoms with van der Waals surface area (Å²) in [4.78, 5) is 13.9. The Morgan fingerprint density at radius 3 is 2.52 bits per heavy atom. The van der Waals surface area contributed by atoms with Gasteiger partial charge < -0.3 is 10.0 Å². The first kappa shape index (κ1) is 17.2. The minimum atomic E-state index is -0.599. The van der Waals surface area contributed by atoms with Crippen molar-refractivity contribution in [2.75, 3.05) is 13.7 Å². The van der Waals surface area contributed by atoms with Gasteiger partial charge in [0.15, 0.2) is 0 Å². The molecule has 4 heteroatoms. The lowest BCUT2D eigenvalue weighted by atomic mass is 9.87. The van der Waals surface area contributed by atoms with Crippen molar-refractivity contribution < 1.29 is 14.3 Å². The van der Waals surface area contributed by atoms with Gasteiger partial charge in [-0.25, -0.2) is 4.39 Å². The first-order valence-electron chi connectivity index (χ1n) is 6.85. The molecular formula is C17H22FNO2. The van der Waals surface area contributed by atoms with Crippen LogP contribution in [-0.2, 0) is 0 Å². The van der Waals surface area contributed by atoms with Crippen molar-refractivity contribution >= 4 is 5.91 Å². The van der Waals surface area contributed by atoms with E-state index < -0.39 is 5.82 Å². The Kier molecular flexibility index (Phi) is 5.51. The van der Waals surface area contributed by atoms with Gasteiger partial charge in [-0.05, 0) is 30.5 Å². The van der Waals surface area contributed by atoms with Crippen molar-refractivity contribution in [3.05, 3.63) is 35.1 Å². The van der Waals surface area contributed by atoms with Crippen molar-refractivity contribution in [2.45, 2.75) is 33.7 Å². The van der Waals surface area contributed by atoms with Crippen LogP contribution < -0.4 is 0 Å². The van der Waals surface area contributed by atoms with Crippen LogP contribution in [0.2, 0.25) is 0 Å². The van der Waals surface area contributed by atoms with E-state index in [9.17, 15) is 9.18 Å². The van der Waals surface area contributed by atoms with E-state index in [0.29, 0.717) is 5.56 Å². The van der Waals surface area contributed by atoms with Gasteiger partial charge in [0.25, 0.3) is 5.91 Å². The zero-order valence-electron chi connectivity index (χ0n) is 13.2. The number of amides is 1. The van der Waals surface area contributed by atoms with Gasteiger partial charge in [0.1, 0.15) is 12.4 Å². The molecule has 1 atom stereocenters. The number of carbonyl (C=O) groups excluding carboxylic acids is 1. The Morgan fingerprint density at radius 1 is 1.43 bits per heavy atom. The fourth-order valence-electron chi connectivity index (χ4n) is 1.85. The molecule has 1 N–H and O–H groups in total. The van der Waals surface area contributed by atoms with E-state index in [0.717, 1.165) is 0 Å². The molecule has 0 bridgehead atoms. The van der Waals surface area contributed by atoms with Gasteiger partial charge >= 0.3 is 0 Å². The summed E-state index contributed by atoms with van der Waals surface area (Å²) in [7, 11) is 1.68. The number of aliphatic hydroxyl groups excluding tert-OH is 1. The van der Waals surface area contributed by atoms with E-state index in [1.54, 1.807) is 18.0 Å². The maximum atomic E-state index is 14.1. The molecule has 0 heterocycles. The molecule has 3 nitrogen and oxygen atoms in total. The van der Waals surface area contributed by atoms with E-state index >= 15 is 0 Å². The van der Waals surface area contributed by atoms with Crippen molar-refractivity contribution in [2.24, 2.45) is 5.41 Å². The monoisotopic (exact) mass is 291 g/mol. The van der Waals surface area contributed by atoms with Gasteiger partial charge in [0, 0.05) is 18.7 Å². The van der Waals surface area contributed by atoms with Crippen LogP contribution in [0.3, 0.4) is 0 Å². The van der Waals surface area contributed by atoms with Crippen LogP contribution in [-0.4, -0.2) is 35.6 Å². The van der Waals surface area contributed by atoms with Crippen LogP contribution in [0.15, 0.2) is 18.2 Å². The Balaban J connectivity index is 3.03. The predicted octanol–water partition coefficient (Wildman–Crippen LogP) is 2.68. The summed E-state index contributed by atoms with van der Waals surface area (Å²) < 4.78 is 14.1. The number of hydrogen-bond donors (Lipinski definition) is 1. The minimum absolute atomic E-state index is 0.0294. The number of rotatable bonds is 2. The highest BCUT2D eigenvalue weighted by Crippen LogP contribution is 2.24. The highest BCUT2D eigenvalue weighted by molar-refractivity contribution is 5.94. The molecule has 0 saturated heterocycles. The number of hydrogen-bond acceptors (Lipinski definition) is 2. The molecule has 0 fully saturated rings. The largest absolute Gasteiger partial charge is 0.384 e. The molecule has 0 aromatic heterocycles. The maximum Gasteiger partial charge on any atom is 0.256 e. The van der Waals surface area contributed by atoms with E-state index in [4.69, 9.17) is 5.11 Å². The van der Waals surface area contributed by atoms with Crippen LogP contribution in [0.25, 0.3) is 0 Å². The fraction of sp³-hybridized carbons (Fsp3) is 0.471. The second-order valence-electron chi connectivity index (χ2n) is 6.11. The van der Waals surface area contributed by atoms with Crippen LogP contribution in [0.5, 0.6) is 0 Å². The Hall–Kier alpha value is -1.86. The highest BCUT2D eigenvalue weighted by Gasteiger charge is 2.28. The van der Waals surface area contributed by atoms with Gasteiger partial charge in [-0.3, -0.25) is 4.79 Å². The van der Waals surface area contributed by atoms with E-state index in [-0.39, 0.29) is 29.5 Å². The lowest BCUT2D eigenvalue weighted by molar-refractivity contribution is 0.0624. The third kappa shape index (κ3) is 4.30. The molecule has 1 amide bonds. The SMILES string of the molecule is CC(N(C)C(=O)c1ccc(C#CCO)cc1F)C(C)(C)C. The number of carbonyl (C=O) groups is 1. The third-order valence-electron chi connectivity index (χ3n) is 3.67. The molecule has 0 radical (unpaired) electrons. The molecule has 0 spiro atoms. The molecule has 1 unspecified atom stereocenters. The quantitative estimate of drug-likeness (QED) is 0.851. The summed E-state index contributed by atoms with van der Waals surface area (Å²) >= 11 is 0. The second-order valence-corrected chi connectivity index (χ2v) is 6.11. The van der Waals surface area contributed by atoms with Crippen LogP contribution >= 0.6 is 0 Å². The third-order valence-corrected chi connectivity index (χ3v) is 3.67. The second kappa shape index (κ2) is 6.73. The number of aliphatic hydroxyl groups is 1. The minimum Gasteiger partial charge on any atom is -0.384 e. The number of benzene rings is 1. The van der Waals surface area contributed by atoms with Crippen LogP contribution in [0.1, 0.15) is 43.6 Å². The molecule has 1 aromatic rings. The average molecular weight is 291 g/mol. The Morgan fingerprint density at radius 2 is 2.05 bits per heavy atom. The molecule has 0 aliphatic carbocycles. The molecule has 0 aliphatic heterocycles. The zero-order chi connectivity index (χ0) is 16.2. The molecule has 21 heavy (non-hydrogen) atoms. The lowest BCUT2D eigenvalue weighted by Gasteiger charge is -2.35. The lowest BCUT2D eigenvalue weighted by Crippen LogP contribution is -2.43. The van der Waals surface area contributed by atoms with Gasteiger partial charge in [-0.1, -0.05) is 32.6 Å². The fourth-order valence-corrected chi connectivity index (χ4v) is 1.85. The number of halogens is 1. The van der Waals surface area contributed by atoms with Crippen molar-refractivity contribution in [1.82, 2.24) is 4.90 Å². The molecular weight excluding hydrogens is 269 g/mol. The van der Waals surface area contributed by atoms with Crippen molar-refractivity contribution in [3.63, 3.8) is 0 Å². The topological polar surface area (TPSA) is 40.5 Å². The van der Waals surface area contributed by atoms with Gasteiger partial charge in [0.05, 0.1) is 5.56 Å². The predicted molar refractivity (Wildman–Crippen MR) is 81.4 cm³/mol.